The minimum atomic E-state index is -1.13. The van der Waals surface area contributed by atoms with Crippen LogP contribution in [-0.2, 0) is 15.1 Å². The molecule has 0 aliphatic carbocycles. The number of aryl methyl sites for hydroxylation is 1. The summed E-state index contributed by atoms with van der Waals surface area (Å²) in [6.45, 7) is 8.76. The maximum atomic E-state index is 11.8. The Morgan fingerprint density at radius 1 is 1.37 bits per heavy atom. The highest BCUT2D eigenvalue weighted by Gasteiger charge is 2.31. The molecule has 1 atom stereocenters. The van der Waals surface area contributed by atoms with Gasteiger partial charge >= 0.3 is 6.09 Å². The molecule has 1 heterocycles. The van der Waals surface area contributed by atoms with E-state index in [-0.39, 0.29) is 0 Å². The Morgan fingerprint density at radius 2 is 2.00 bits per heavy atom. The van der Waals surface area contributed by atoms with Crippen molar-refractivity contribution in [1.29, 1.82) is 0 Å². The van der Waals surface area contributed by atoms with Gasteiger partial charge in [0.05, 0.1) is 0 Å². The van der Waals surface area contributed by atoms with Gasteiger partial charge < -0.3 is 14.8 Å². The number of aldehydes is 1. The van der Waals surface area contributed by atoms with E-state index in [0.29, 0.717) is 11.8 Å². The van der Waals surface area contributed by atoms with E-state index in [1.807, 2.05) is 6.92 Å². The highest BCUT2D eigenvalue weighted by Crippen LogP contribution is 2.22. The van der Waals surface area contributed by atoms with Crippen LogP contribution in [-0.4, -0.2) is 23.0 Å². The van der Waals surface area contributed by atoms with Crippen LogP contribution in [0.2, 0.25) is 0 Å². The Labute approximate surface area is 113 Å². The van der Waals surface area contributed by atoms with Gasteiger partial charge in [0, 0.05) is 12.4 Å². The number of nitrogens with zero attached hydrogens (tertiary/aromatic N) is 1. The summed E-state index contributed by atoms with van der Waals surface area (Å²) < 4.78 is 5.17. The highest BCUT2D eigenvalue weighted by molar-refractivity contribution is 5.78. The first-order chi connectivity index (χ1) is 8.68. The lowest BCUT2D eigenvalue weighted by Crippen LogP contribution is -2.47. The molecule has 0 spiro atoms. The molecule has 0 aromatic carbocycles. The smallest absolute Gasteiger partial charge is 0.408 e. The second-order valence-corrected chi connectivity index (χ2v) is 5.64. The molecule has 0 bridgehead atoms. The number of amides is 1. The van der Waals surface area contributed by atoms with Gasteiger partial charge in [-0.2, -0.15) is 0 Å². The van der Waals surface area contributed by atoms with Gasteiger partial charge in [-0.15, -0.1) is 0 Å². The van der Waals surface area contributed by atoms with E-state index in [2.05, 4.69) is 10.3 Å². The third-order valence-electron chi connectivity index (χ3n) is 2.58. The van der Waals surface area contributed by atoms with Crippen LogP contribution < -0.4 is 5.32 Å². The first-order valence-electron chi connectivity index (χ1n) is 6.06. The van der Waals surface area contributed by atoms with E-state index in [1.165, 1.54) is 0 Å². The second kappa shape index (κ2) is 5.38. The average Bonchev–Trinajstić information content (AvgIpc) is 2.26. The number of ether oxygens (including phenoxy) is 1. The van der Waals surface area contributed by atoms with Crippen LogP contribution in [0.4, 0.5) is 4.79 Å². The molecule has 1 unspecified atom stereocenters. The number of carbonyl (C=O) groups excluding carboxylic acids is 2. The van der Waals surface area contributed by atoms with Crippen molar-refractivity contribution in [1.82, 2.24) is 10.3 Å². The van der Waals surface area contributed by atoms with Crippen molar-refractivity contribution in [2.45, 2.75) is 45.8 Å². The molecule has 0 radical (unpaired) electrons. The fourth-order valence-corrected chi connectivity index (χ4v) is 1.73. The Hall–Kier alpha value is -1.91. The van der Waals surface area contributed by atoms with E-state index < -0.39 is 17.2 Å². The maximum absolute atomic E-state index is 11.8. The van der Waals surface area contributed by atoms with Crippen molar-refractivity contribution in [3.8, 4) is 0 Å². The minimum absolute atomic E-state index is 0.610. The molecular formula is C14H20N2O3. The van der Waals surface area contributed by atoms with Gasteiger partial charge in [-0.25, -0.2) is 4.79 Å². The van der Waals surface area contributed by atoms with Crippen LogP contribution in [0.5, 0.6) is 0 Å². The van der Waals surface area contributed by atoms with E-state index in [1.54, 1.807) is 46.2 Å². The Balaban J connectivity index is 2.97. The lowest BCUT2D eigenvalue weighted by Gasteiger charge is -2.28. The Bertz CT molecular complexity index is 480. The molecule has 0 aliphatic heterocycles. The molecule has 5 heteroatoms. The monoisotopic (exact) mass is 264 g/mol. The summed E-state index contributed by atoms with van der Waals surface area (Å²) in [4.78, 5) is 27.2. The molecule has 0 fully saturated rings. The maximum Gasteiger partial charge on any atom is 0.408 e. The highest BCUT2D eigenvalue weighted by atomic mass is 16.6. The molecule has 1 N–H and O–H groups in total. The predicted octanol–water partition coefficient (Wildman–Crippen LogP) is 2.33. The van der Waals surface area contributed by atoms with Crippen molar-refractivity contribution in [2.75, 3.05) is 0 Å². The van der Waals surface area contributed by atoms with Gasteiger partial charge in [-0.1, -0.05) is 0 Å². The zero-order chi connectivity index (χ0) is 14.7. The van der Waals surface area contributed by atoms with E-state index in [0.717, 1.165) is 5.56 Å². The minimum Gasteiger partial charge on any atom is -0.444 e. The zero-order valence-corrected chi connectivity index (χ0v) is 12.0. The van der Waals surface area contributed by atoms with Crippen molar-refractivity contribution in [3.05, 3.63) is 29.6 Å². The molecule has 1 amide bonds. The second-order valence-electron chi connectivity index (χ2n) is 5.64. The first-order valence-corrected chi connectivity index (χ1v) is 6.06. The van der Waals surface area contributed by atoms with Gasteiger partial charge in [0.2, 0.25) is 0 Å². The third-order valence-corrected chi connectivity index (χ3v) is 2.58. The molecule has 0 saturated heterocycles. The quantitative estimate of drug-likeness (QED) is 0.851. The molecule has 1 aromatic rings. The fourth-order valence-electron chi connectivity index (χ4n) is 1.73. The SMILES string of the molecule is Cc1cnccc1C(C)(C=O)NC(=O)OC(C)(C)C. The van der Waals surface area contributed by atoms with Crippen molar-refractivity contribution in [2.24, 2.45) is 0 Å². The number of pyridine rings is 1. The predicted molar refractivity (Wildman–Crippen MR) is 71.8 cm³/mol. The summed E-state index contributed by atoms with van der Waals surface area (Å²) in [5, 5.41) is 2.60. The summed E-state index contributed by atoms with van der Waals surface area (Å²) in [6.07, 6.45) is 3.30. The molecule has 104 valence electrons. The van der Waals surface area contributed by atoms with Crippen LogP contribution >= 0.6 is 0 Å². The number of hydrogen-bond acceptors (Lipinski definition) is 4. The van der Waals surface area contributed by atoms with Gasteiger partial charge in [0.1, 0.15) is 17.4 Å². The van der Waals surface area contributed by atoms with Crippen LogP contribution in [0.3, 0.4) is 0 Å². The molecule has 1 aromatic heterocycles. The van der Waals surface area contributed by atoms with Gasteiger partial charge in [-0.3, -0.25) is 4.98 Å². The number of carbonyl (C=O) groups is 2. The topological polar surface area (TPSA) is 68.3 Å². The van der Waals surface area contributed by atoms with E-state index in [4.69, 9.17) is 4.74 Å². The number of nitrogens with one attached hydrogen (secondary N) is 1. The molecule has 19 heavy (non-hydrogen) atoms. The molecule has 0 saturated carbocycles. The van der Waals surface area contributed by atoms with Gasteiger partial charge in [-0.05, 0) is 51.8 Å². The summed E-state index contributed by atoms with van der Waals surface area (Å²) in [5.41, 5.74) is -0.215. The number of hydrogen-bond donors (Lipinski definition) is 1. The molecule has 5 nitrogen and oxygen atoms in total. The van der Waals surface area contributed by atoms with E-state index >= 15 is 0 Å². The van der Waals surface area contributed by atoms with Crippen molar-refractivity contribution >= 4 is 12.4 Å². The first kappa shape index (κ1) is 15.1. The molecule has 1 rings (SSSR count). The van der Waals surface area contributed by atoms with Crippen molar-refractivity contribution < 1.29 is 14.3 Å². The normalized spacial score (nSPS) is 14.4. The molecule has 0 aliphatic rings. The van der Waals surface area contributed by atoms with Crippen LogP contribution in [0, 0.1) is 6.92 Å². The number of rotatable bonds is 3. The zero-order valence-electron chi connectivity index (χ0n) is 12.0. The van der Waals surface area contributed by atoms with Crippen LogP contribution in [0.25, 0.3) is 0 Å². The Morgan fingerprint density at radius 3 is 2.47 bits per heavy atom. The number of aromatic nitrogens is 1. The summed E-state index contributed by atoms with van der Waals surface area (Å²) in [6, 6.07) is 1.71. The number of alkyl carbamates (subject to hydrolysis) is 1. The summed E-state index contributed by atoms with van der Waals surface area (Å²) in [7, 11) is 0. The van der Waals surface area contributed by atoms with E-state index in [9.17, 15) is 9.59 Å². The fraction of sp³-hybridized carbons (Fsp3) is 0.500. The molecular weight excluding hydrogens is 244 g/mol. The summed E-state index contributed by atoms with van der Waals surface area (Å²) >= 11 is 0. The largest absolute Gasteiger partial charge is 0.444 e. The van der Waals surface area contributed by atoms with Crippen LogP contribution in [0.15, 0.2) is 18.5 Å². The third kappa shape index (κ3) is 4.05. The van der Waals surface area contributed by atoms with Gasteiger partial charge in [0.25, 0.3) is 0 Å². The van der Waals surface area contributed by atoms with Gasteiger partial charge in [0.15, 0.2) is 0 Å². The van der Waals surface area contributed by atoms with Crippen molar-refractivity contribution in [3.63, 3.8) is 0 Å². The average molecular weight is 264 g/mol. The van der Waals surface area contributed by atoms with Crippen LogP contribution in [0.1, 0.15) is 38.8 Å². The standard InChI is InChI=1S/C14H20N2O3/c1-10-8-15-7-6-11(10)14(5,9-17)16-12(18)19-13(2,3)4/h6-9H,1-5H3,(H,16,18). The Kier molecular flexibility index (Phi) is 4.29. The lowest BCUT2D eigenvalue weighted by molar-refractivity contribution is -0.113. The summed E-state index contributed by atoms with van der Waals surface area (Å²) in [5.74, 6) is 0. The lowest BCUT2D eigenvalue weighted by atomic mass is 9.91.